The highest BCUT2D eigenvalue weighted by Crippen LogP contribution is 2.27. The maximum atomic E-state index is 14.4. The van der Waals surface area contributed by atoms with Gasteiger partial charge in [-0.2, -0.15) is 5.10 Å². The van der Waals surface area contributed by atoms with Crippen LogP contribution in [0.5, 0.6) is 0 Å². The summed E-state index contributed by atoms with van der Waals surface area (Å²) in [4.78, 5) is 15.2. The molecule has 0 radical (unpaired) electrons. The van der Waals surface area contributed by atoms with Crippen molar-refractivity contribution < 1.29 is 9.18 Å². The fraction of sp³-hybridized carbons (Fsp3) is 0.524. The molecule has 1 aliphatic heterocycles. The topological polar surface area (TPSA) is 50.2 Å². The lowest BCUT2D eigenvalue weighted by Crippen LogP contribution is -2.38. The molecule has 5 nitrogen and oxygen atoms in total. The number of nitrogens with zero attached hydrogens (tertiary/aromatic N) is 3. The monoisotopic (exact) mass is 370 g/mol. The van der Waals surface area contributed by atoms with Gasteiger partial charge in [0, 0.05) is 24.7 Å². The van der Waals surface area contributed by atoms with Crippen LogP contribution in [-0.4, -0.2) is 40.2 Å². The van der Waals surface area contributed by atoms with Crippen molar-refractivity contribution in [2.45, 2.75) is 44.6 Å². The molecule has 0 saturated carbocycles. The number of aryl methyl sites for hydroxylation is 2. The average Bonchev–Trinajstić information content (AvgIpc) is 3.30. The Balaban J connectivity index is 1.54. The fourth-order valence-electron chi connectivity index (χ4n) is 4.47. The molecule has 1 saturated heterocycles. The number of benzene rings is 1. The number of amides is 1. The quantitative estimate of drug-likeness (QED) is 0.880. The first-order valence-corrected chi connectivity index (χ1v) is 9.96. The largest absolute Gasteiger partial charge is 0.349 e. The van der Waals surface area contributed by atoms with Crippen LogP contribution in [-0.2, 0) is 19.9 Å². The summed E-state index contributed by atoms with van der Waals surface area (Å²) < 4.78 is 16.1. The molecule has 1 aliphatic carbocycles. The van der Waals surface area contributed by atoms with E-state index in [-0.39, 0.29) is 17.8 Å². The van der Waals surface area contributed by atoms with Gasteiger partial charge in [0.1, 0.15) is 11.5 Å². The van der Waals surface area contributed by atoms with Gasteiger partial charge in [-0.15, -0.1) is 0 Å². The zero-order valence-corrected chi connectivity index (χ0v) is 15.9. The Morgan fingerprint density at radius 3 is 2.70 bits per heavy atom. The molecule has 1 aromatic heterocycles. The Kier molecular flexibility index (Phi) is 5.25. The summed E-state index contributed by atoms with van der Waals surface area (Å²) >= 11 is 0. The molecule has 6 heteroatoms. The Labute approximate surface area is 159 Å². The first-order valence-electron chi connectivity index (χ1n) is 9.96. The molecule has 1 fully saturated rings. The highest BCUT2D eigenvalue weighted by Gasteiger charge is 2.28. The van der Waals surface area contributed by atoms with Gasteiger partial charge in [-0.3, -0.25) is 14.4 Å². The molecule has 4 rings (SSSR count). The van der Waals surface area contributed by atoms with E-state index in [0.29, 0.717) is 17.8 Å². The lowest BCUT2D eigenvalue weighted by Gasteiger charge is -2.28. The molecule has 2 aromatic rings. The fourth-order valence-corrected chi connectivity index (χ4v) is 4.47. The average molecular weight is 370 g/mol. The lowest BCUT2D eigenvalue weighted by molar-refractivity contribution is 0.0926. The summed E-state index contributed by atoms with van der Waals surface area (Å²) in [5.74, 6) is -0.310. The Morgan fingerprint density at radius 1 is 1.19 bits per heavy atom. The van der Waals surface area contributed by atoms with Crippen LogP contribution in [0.1, 0.15) is 59.0 Å². The summed E-state index contributed by atoms with van der Waals surface area (Å²) in [6, 6.07) is 6.76. The second-order valence-corrected chi connectivity index (χ2v) is 7.59. The Hall–Kier alpha value is -2.21. The van der Waals surface area contributed by atoms with Gasteiger partial charge in [-0.1, -0.05) is 18.2 Å². The first-order chi connectivity index (χ1) is 13.1. The molecule has 0 spiro atoms. The van der Waals surface area contributed by atoms with Crippen molar-refractivity contribution >= 4 is 5.91 Å². The number of hydrogen-bond acceptors (Lipinski definition) is 3. The number of carbonyl (C=O) groups excluding carboxylic acids is 1. The molecule has 0 bridgehead atoms. The number of halogens is 1. The van der Waals surface area contributed by atoms with Gasteiger partial charge in [0.15, 0.2) is 0 Å². The van der Waals surface area contributed by atoms with Gasteiger partial charge in [0.2, 0.25) is 0 Å². The van der Waals surface area contributed by atoms with Crippen molar-refractivity contribution in [3.63, 3.8) is 0 Å². The second-order valence-electron chi connectivity index (χ2n) is 7.59. The van der Waals surface area contributed by atoms with Crippen molar-refractivity contribution in [3.05, 3.63) is 52.6 Å². The molecular formula is C21H27FN4O. The van der Waals surface area contributed by atoms with Crippen LogP contribution in [0.25, 0.3) is 0 Å². The lowest BCUT2D eigenvalue weighted by atomic mass is 9.95. The van der Waals surface area contributed by atoms with E-state index < -0.39 is 0 Å². The maximum absolute atomic E-state index is 14.4. The van der Waals surface area contributed by atoms with Crippen molar-refractivity contribution in [2.24, 2.45) is 7.05 Å². The van der Waals surface area contributed by atoms with E-state index in [1.54, 1.807) is 10.7 Å². The number of aromatic nitrogens is 2. The molecule has 2 aliphatic rings. The normalized spacial score (nSPS) is 18.3. The summed E-state index contributed by atoms with van der Waals surface area (Å²) in [6.45, 7) is 2.28. The Morgan fingerprint density at radius 2 is 1.93 bits per heavy atom. The van der Waals surface area contributed by atoms with Gasteiger partial charge in [0.25, 0.3) is 5.91 Å². The van der Waals surface area contributed by atoms with E-state index >= 15 is 0 Å². The van der Waals surface area contributed by atoms with Crippen molar-refractivity contribution in [2.75, 3.05) is 19.6 Å². The highest BCUT2D eigenvalue weighted by molar-refractivity contribution is 5.94. The van der Waals surface area contributed by atoms with Crippen molar-refractivity contribution in [1.82, 2.24) is 20.0 Å². The first kappa shape index (κ1) is 18.2. The predicted molar refractivity (Wildman–Crippen MR) is 102 cm³/mol. The van der Waals surface area contributed by atoms with Crippen molar-refractivity contribution in [3.8, 4) is 0 Å². The summed E-state index contributed by atoms with van der Waals surface area (Å²) in [5, 5.41) is 7.61. The minimum atomic E-state index is -0.207. The van der Waals surface area contributed by atoms with Crippen LogP contribution in [0.3, 0.4) is 0 Å². The van der Waals surface area contributed by atoms with Crippen LogP contribution in [0.15, 0.2) is 24.3 Å². The molecule has 2 heterocycles. The predicted octanol–water partition coefficient (Wildman–Crippen LogP) is 3.00. The van der Waals surface area contributed by atoms with Gasteiger partial charge in [-0.25, -0.2) is 4.39 Å². The third kappa shape index (κ3) is 3.63. The summed E-state index contributed by atoms with van der Waals surface area (Å²) in [5.41, 5.74) is 3.47. The van der Waals surface area contributed by atoms with Crippen LogP contribution >= 0.6 is 0 Å². The van der Waals surface area contributed by atoms with E-state index in [0.717, 1.165) is 62.9 Å². The number of rotatable bonds is 5. The Bertz CT molecular complexity index is 826. The third-order valence-corrected chi connectivity index (χ3v) is 5.84. The molecule has 1 aromatic carbocycles. The highest BCUT2D eigenvalue weighted by atomic mass is 19.1. The minimum absolute atomic E-state index is 0.103. The number of hydrogen-bond donors (Lipinski definition) is 1. The smallest absolute Gasteiger partial charge is 0.269 e. The van der Waals surface area contributed by atoms with E-state index in [1.165, 1.54) is 6.07 Å². The molecular weight excluding hydrogens is 343 g/mol. The van der Waals surface area contributed by atoms with Crippen LogP contribution in [0, 0.1) is 5.82 Å². The number of carbonyl (C=O) groups is 1. The van der Waals surface area contributed by atoms with E-state index in [9.17, 15) is 9.18 Å². The molecule has 144 valence electrons. The van der Waals surface area contributed by atoms with Crippen LogP contribution in [0.2, 0.25) is 0 Å². The number of nitrogens with one attached hydrogen (secondary N) is 1. The summed E-state index contributed by atoms with van der Waals surface area (Å²) in [6.07, 6.45) is 6.33. The van der Waals surface area contributed by atoms with Gasteiger partial charge in [0.05, 0.1) is 11.7 Å². The minimum Gasteiger partial charge on any atom is -0.349 e. The zero-order valence-electron chi connectivity index (χ0n) is 15.9. The second kappa shape index (κ2) is 7.80. The SMILES string of the molecule is Cn1nc2c(c1C(=O)NC[C@H](c1ccccc1F)N1CCCC1)CCCC2. The molecule has 1 N–H and O–H groups in total. The molecule has 27 heavy (non-hydrogen) atoms. The summed E-state index contributed by atoms with van der Waals surface area (Å²) in [7, 11) is 1.84. The molecule has 1 atom stereocenters. The standard InChI is InChI=1S/C21H27FN4O/c1-25-20(16-9-3-5-11-18(16)24-25)21(27)23-14-19(26-12-6-7-13-26)15-8-2-4-10-17(15)22/h2,4,8,10,19H,3,5-7,9,11-14H2,1H3,(H,23,27)/t19-/m1/s1. The van der Waals surface area contributed by atoms with E-state index in [2.05, 4.69) is 15.3 Å². The van der Waals surface area contributed by atoms with Crippen LogP contribution in [0.4, 0.5) is 4.39 Å². The van der Waals surface area contributed by atoms with E-state index in [1.807, 2.05) is 19.2 Å². The van der Waals surface area contributed by atoms with Gasteiger partial charge in [-0.05, 0) is 57.7 Å². The molecule has 0 unspecified atom stereocenters. The van der Waals surface area contributed by atoms with Gasteiger partial charge >= 0.3 is 0 Å². The zero-order chi connectivity index (χ0) is 18.8. The van der Waals surface area contributed by atoms with Crippen molar-refractivity contribution in [1.29, 1.82) is 0 Å². The number of fused-ring (bicyclic) bond motifs is 1. The van der Waals surface area contributed by atoms with Gasteiger partial charge < -0.3 is 5.32 Å². The van der Waals surface area contributed by atoms with Crippen LogP contribution < -0.4 is 5.32 Å². The maximum Gasteiger partial charge on any atom is 0.269 e. The third-order valence-electron chi connectivity index (χ3n) is 5.84. The number of likely N-dealkylation sites (tertiary alicyclic amines) is 1. The molecule has 1 amide bonds. The van der Waals surface area contributed by atoms with E-state index in [4.69, 9.17) is 0 Å².